The van der Waals surface area contributed by atoms with Crippen molar-refractivity contribution in [2.75, 3.05) is 4.90 Å². The van der Waals surface area contributed by atoms with Gasteiger partial charge in [-0.1, -0.05) is 45.0 Å². The monoisotopic (exact) mass is 708 g/mol. The van der Waals surface area contributed by atoms with Crippen molar-refractivity contribution in [1.29, 1.82) is 0 Å². The average Bonchev–Trinajstić information content (AvgIpc) is 3.43. The number of anilines is 1. The molecule has 0 atom stereocenters. The number of nitrogens with zero attached hydrogens (tertiary/aromatic N) is 2. The Balaban J connectivity index is 1.37. The standard InChI is InChI=1S/C38H30F6N2O5/c1-20(2)45-31(47)27-16-8-22(18-29(27)33(45)49)36(37(39,40)41,38(42,43)44)23-9-17-28-30(19-23)34(50)46(32(28)48)24-10-14-26(15-11-24)51-25-12-6-21(7-13-25)35(3,4)5/h6-20H,1-5H3. The lowest BCUT2D eigenvalue weighted by atomic mass is 9.71. The lowest BCUT2D eigenvalue weighted by molar-refractivity contribution is -0.288. The number of halogens is 6. The lowest BCUT2D eigenvalue weighted by Crippen LogP contribution is -2.55. The molecule has 2 aliphatic heterocycles. The maximum absolute atomic E-state index is 15.0. The van der Waals surface area contributed by atoms with E-state index in [9.17, 15) is 19.2 Å². The highest BCUT2D eigenvalue weighted by Crippen LogP contribution is 2.57. The van der Waals surface area contributed by atoms with Gasteiger partial charge in [-0.15, -0.1) is 0 Å². The Bertz CT molecular complexity index is 2080. The van der Waals surface area contributed by atoms with Crippen molar-refractivity contribution in [3.8, 4) is 11.5 Å². The van der Waals surface area contributed by atoms with Crippen LogP contribution in [0.3, 0.4) is 0 Å². The number of benzene rings is 4. The van der Waals surface area contributed by atoms with E-state index in [4.69, 9.17) is 4.74 Å². The zero-order valence-corrected chi connectivity index (χ0v) is 27.9. The molecule has 0 unspecified atom stereocenters. The number of amides is 4. The van der Waals surface area contributed by atoms with Crippen LogP contribution in [-0.2, 0) is 10.8 Å². The number of alkyl halides is 6. The lowest BCUT2D eigenvalue weighted by Gasteiger charge is -2.38. The van der Waals surface area contributed by atoms with Gasteiger partial charge >= 0.3 is 12.4 Å². The van der Waals surface area contributed by atoms with E-state index in [0.29, 0.717) is 40.7 Å². The number of ether oxygens (including phenoxy) is 1. The molecule has 0 aromatic heterocycles. The molecule has 0 fully saturated rings. The summed E-state index contributed by atoms with van der Waals surface area (Å²) >= 11 is 0. The van der Waals surface area contributed by atoms with Crippen LogP contribution in [0.15, 0.2) is 84.9 Å². The molecule has 0 aliphatic carbocycles. The van der Waals surface area contributed by atoms with Crippen molar-refractivity contribution in [2.45, 2.75) is 63.8 Å². The number of carbonyl (C=O) groups excluding carboxylic acids is 4. The fourth-order valence-corrected chi connectivity index (χ4v) is 6.47. The Labute approximate surface area is 288 Å². The minimum atomic E-state index is -6.06. The summed E-state index contributed by atoms with van der Waals surface area (Å²) in [4.78, 5) is 54.0. The van der Waals surface area contributed by atoms with Crippen LogP contribution in [0.1, 0.15) is 92.7 Å². The summed E-state index contributed by atoms with van der Waals surface area (Å²) in [5.41, 5.74) is -8.54. The molecule has 4 aromatic rings. The fraction of sp³-hybridized carbons (Fsp3) is 0.263. The second-order valence-electron chi connectivity index (χ2n) is 13.7. The number of hydrogen-bond donors (Lipinski definition) is 0. The van der Waals surface area contributed by atoms with Crippen molar-refractivity contribution in [3.05, 3.63) is 124 Å². The second kappa shape index (κ2) is 11.8. The van der Waals surface area contributed by atoms with Gasteiger partial charge in [-0.3, -0.25) is 24.1 Å². The molecule has 4 aromatic carbocycles. The summed E-state index contributed by atoms with van der Waals surface area (Å²) in [5.74, 6) is -3.12. The first-order chi connectivity index (χ1) is 23.7. The number of rotatable bonds is 6. The molecule has 264 valence electrons. The van der Waals surface area contributed by atoms with E-state index < -0.39 is 75.3 Å². The molecule has 6 rings (SSSR count). The summed E-state index contributed by atoms with van der Waals surface area (Å²) < 4.78 is 96.2. The van der Waals surface area contributed by atoms with Gasteiger partial charge in [0.25, 0.3) is 23.6 Å². The second-order valence-corrected chi connectivity index (χ2v) is 13.7. The van der Waals surface area contributed by atoms with Crippen molar-refractivity contribution < 1.29 is 50.3 Å². The van der Waals surface area contributed by atoms with Crippen LogP contribution in [-0.4, -0.2) is 46.9 Å². The number of carbonyl (C=O) groups is 4. The quantitative estimate of drug-likeness (QED) is 0.148. The van der Waals surface area contributed by atoms with Gasteiger partial charge < -0.3 is 4.74 Å². The maximum Gasteiger partial charge on any atom is 0.411 e. The van der Waals surface area contributed by atoms with Gasteiger partial charge in [0, 0.05) is 6.04 Å². The predicted molar refractivity (Wildman–Crippen MR) is 174 cm³/mol. The molecular formula is C38H30F6N2O5. The SMILES string of the molecule is CC(C)N1C(=O)c2ccc(C(c3ccc4c(c3)C(=O)N(c3ccc(Oc5ccc(C(C)(C)C)cc5)cc3)C4=O)(C(F)(F)F)C(F)(F)F)cc2C1=O. The Morgan fingerprint density at radius 3 is 1.37 bits per heavy atom. The number of imide groups is 2. The molecule has 2 heterocycles. The largest absolute Gasteiger partial charge is 0.457 e. The Morgan fingerprint density at radius 1 is 0.529 bits per heavy atom. The normalized spacial score (nSPS) is 15.2. The summed E-state index contributed by atoms with van der Waals surface area (Å²) in [6, 6.07) is 15.6. The first-order valence-electron chi connectivity index (χ1n) is 15.8. The van der Waals surface area contributed by atoms with Crippen LogP contribution >= 0.6 is 0 Å². The average molecular weight is 709 g/mol. The first kappa shape index (κ1) is 35.4. The summed E-state index contributed by atoms with van der Waals surface area (Å²) in [5, 5.41) is 0. The highest BCUT2D eigenvalue weighted by molar-refractivity contribution is 6.34. The minimum absolute atomic E-state index is 0.00703. The molecule has 13 heteroatoms. The van der Waals surface area contributed by atoms with E-state index >= 15 is 26.3 Å². The van der Waals surface area contributed by atoms with Gasteiger partial charge in [-0.25, -0.2) is 4.90 Å². The van der Waals surface area contributed by atoms with Crippen LogP contribution in [0.25, 0.3) is 0 Å². The van der Waals surface area contributed by atoms with Gasteiger partial charge in [0.2, 0.25) is 5.41 Å². The van der Waals surface area contributed by atoms with Crippen LogP contribution in [0.4, 0.5) is 32.0 Å². The van der Waals surface area contributed by atoms with E-state index in [-0.39, 0.29) is 16.7 Å². The van der Waals surface area contributed by atoms with Gasteiger partial charge in [0.1, 0.15) is 11.5 Å². The summed E-state index contributed by atoms with van der Waals surface area (Å²) in [6.45, 7) is 9.13. The zero-order valence-electron chi connectivity index (χ0n) is 27.9. The van der Waals surface area contributed by atoms with E-state index in [1.54, 1.807) is 12.1 Å². The molecule has 7 nitrogen and oxygen atoms in total. The molecule has 51 heavy (non-hydrogen) atoms. The molecule has 0 bridgehead atoms. The smallest absolute Gasteiger partial charge is 0.411 e. The Morgan fingerprint density at radius 2 is 0.922 bits per heavy atom. The summed E-state index contributed by atoms with van der Waals surface area (Å²) in [6.07, 6.45) is -12.1. The molecular weight excluding hydrogens is 678 g/mol. The molecule has 4 amide bonds. The highest BCUT2D eigenvalue weighted by Gasteiger charge is 2.73. The van der Waals surface area contributed by atoms with E-state index in [1.165, 1.54) is 38.1 Å². The Kier molecular flexibility index (Phi) is 8.19. The molecule has 0 saturated heterocycles. The number of fused-ring (bicyclic) bond motifs is 2. The van der Waals surface area contributed by atoms with Crippen LogP contribution in [0.2, 0.25) is 0 Å². The third-order valence-electron chi connectivity index (χ3n) is 9.09. The highest BCUT2D eigenvalue weighted by atomic mass is 19.4. The van der Waals surface area contributed by atoms with E-state index in [2.05, 4.69) is 20.8 Å². The molecule has 0 N–H and O–H groups in total. The third kappa shape index (κ3) is 5.55. The van der Waals surface area contributed by atoms with Crippen LogP contribution < -0.4 is 9.64 Å². The fourth-order valence-electron chi connectivity index (χ4n) is 6.47. The van der Waals surface area contributed by atoms with Gasteiger partial charge in [-0.05, 0) is 96.6 Å². The van der Waals surface area contributed by atoms with Crippen molar-refractivity contribution in [2.24, 2.45) is 0 Å². The van der Waals surface area contributed by atoms with Gasteiger partial charge in [0.15, 0.2) is 0 Å². The topological polar surface area (TPSA) is 84.0 Å². The van der Waals surface area contributed by atoms with Crippen LogP contribution in [0, 0.1) is 0 Å². The number of hydrogen-bond acceptors (Lipinski definition) is 5. The van der Waals surface area contributed by atoms with E-state index in [1.807, 2.05) is 12.1 Å². The van der Waals surface area contributed by atoms with Crippen molar-refractivity contribution >= 4 is 29.3 Å². The molecule has 0 spiro atoms. The van der Waals surface area contributed by atoms with Crippen molar-refractivity contribution in [3.63, 3.8) is 0 Å². The maximum atomic E-state index is 15.0. The van der Waals surface area contributed by atoms with Gasteiger partial charge in [0.05, 0.1) is 27.9 Å². The summed E-state index contributed by atoms with van der Waals surface area (Å²) in [7, 11) is 0. The van der Waals surface area contributed by atoms with Gasteiger partial charge in [-0.2, -0.15) is 26.3 Å². The molecule has 0 radical (unpaired) electrons. The Hall–Kier alpha value is -5.46. The molecule has 0 saturated carbocycles. The van der Waals surface area contributed by atoms with Crippen LogP contribution in [0.5, 0.6) is 11.5 Å². The predicted octanol–water partition coefficient (Wildman–Crippen LogP) is 8.99. The van der Waals surface area contributed by atoms with Crippen molar-refractivity contribution in [1.82, 2.24) is 4.90 Å². The van der Waals surface area contributed by atoms with E-state index in [0.717, 1.165) is 22.6 Å². The first-order valence-corrected chi connectivity index (χ1v) is 15.8. The zero-order chi connectivity index (χ0) is 37.4. The molecule has 2 aliphatic rings. The minimum Gasteiger partial charge on any atom is -0.457 e. The third-order valence-corrected chi connectivity index (χ3v) is 9.09.